The summed E-state index contributed by atoms with van der Waals surface area (Å²) in [6, 6.07) is 11.9. The smallest absolute Gasteiger partial charge is 0.128 e. The number of fused-ring (bicyclic) bond motifs is 1. The molecule has 0 aliphatic carbocycles. The molecule has 0 aromatic heterocycles. The number of hydrogen-bond acceptors (Lipinski definition) is 3. The molecule has 3 N–H and O–H groups in total. The molecule has 0 radical (unpaired) electrons. The van der Waals surface area contributed by atoms with E-state index in [1.807, 2.05) is 50.2 Å². The van der Waals surface area contributed by atoms with Crippen molar-refractivity contribution in [2.45, 2.75) is 38.8 Å². The molecule has 2 rings (SSSR count). The van der Waals surface area contributed by atoms with E-state index >= 15 is 0 Å². The third-order valence-corrected chi connectivity index (χ3v) is 3.80. The summed E-state index contributed by atoms with van der Waals surface area (Å²) in [5.41, 5.74) is 0.898. The molecule has 108 valence electrons. The molecule has 0 saturated carbocycles. The first kappa shape index (κ1) is 14.8. The van der Waals surface area contributed by atoms with Gasteiger partial charge >= 0.3 is 0 Å². The highest BCUT2D eigenvalue weighted by atomic mass is 16.3. The molecule has 2 unspecified atom stereocenters. The van der Waals surface area contributed by atoms with Crippen molar-refractivity contribution in [3.8, 4) is 5.75 Å². The van der Waals surface area contributed by atoms with Crippen molar-refractivity contribution in [1.82, 2.24) is 5.32 Å². The SMILES string of the molecule is CCC(O)CCNC(C)c1ccc2ccccc2c1O. The molecular formula is C17H23NO2. The van der Waals surface area contributed by atoms with Crippen LogP contribution in [0.25, 0.3) is 10.8 Å². The minimum absolute atomic E-state index is 0.0589. The third kappa shape index (κ3) is 3.30. The molecule has 3 nitrogen and oxygen atoms in total. The maximum absolute atomic E-state index is 10.4. The predicted molar refractivity (Wildman–Crippen MR) is 82.9 cm³/mol. The van der Waals surface area contributed by atoms with E-state index in [1.165, 1.54) is 0 Å². The van der Waals surface area contributed by atoms with Crippen LogP contribution in [-0.4, -0.2) is 22.9 Å². The lowest BCUT2D eigenvalue weighted by Crippen LogP contribution is -2.23. The molecular weight excluding hydrogens is 250 g/mol. The third-order valence-electron chi connectivity index (χ3n) is 3.80. The highest BCUT2D eigenvalue weighted by Crippen LogP contribution is 2.32. The van der Waals surface area contributed by atoms with Gasteiger partial charge in [0.15, 0.2) is 0 Å². The zero-order valence-electron chi connectivity index (χ0n) is 12.1. The van der Waals surface area contributed by atoms with Gasteiger partial charge in [0.25, 0.3) is 0 Å². The number of aliphatic hydroxyl groups is 1. The van der Waals surface area contributed by atoms with E-state index in [4.69, 9.17) is 0 Å². The van der Waals surface area contributed by atoms with Gasteiger partial charge in [-0.3, -0.25) is 0 Å². The van der Waals surface area contributed by atoms with Crippen molar-refractivity contribution in [1.29, 1.82) is 0 Å². The fourth-order valence-corrected chi connectivity index (χ4v) is 2.40. The first-order valence-corrected chi connectivity index (χ1v) is 7.25. The summed E-state index contributed by atoms with van der Waals surface area (Å²) in [5, 5.41) is 25.2. The molecule has 0 aliphatic heterocycles. The van der Waals surface area contributed by atoms with Crippen molar-refractivity contribution >= 4 is 10.8 Å². The fraction of sp³-hybridized carbons (Fsp3) is 0.412. The average molecular weight is 273 g/mol. The number of phenols is 1. The van der Waals surface area contributed by atoms with Gasteiger partial charge in [0.05, 0.1) is 6.10 Å². The van der Waals surface area contributed by atoms with E-state index in [0.29, 0.717) is 5.75 Å². The molecule has 2 aromatic carbocycles. The highest BCUT2D eigenvalue weighted by Gasteiger charge is 2.12. The number of aliphatic hydroxyl groups excluding tert-OH is 1. The Morgan fingerprint density at radius 3 is 2.65 bits per heavy atom. The summed E-state index contributed by atoms with van der Waals surface area (Å²) in [7, 11) is 0. The Labute approximate surface area is 120 Å². The zero-order chi connectivity index (χ0) is 14.5. The monoisotopic (exact) mass is 273 g/mol. The summed E-state index contributed by atoms with van der Waals surface area (Å²) in [5.74, 6) is 0.346. The first-order chi connectivity index (χ1) is 9.63. The van der Waals surface area contributed by atoms with Crippen LogP contribution in [0, 0.1) is 0 Å². The Balaban J connectivity index is 2.10. The van der Waals surface area contributed by atoms with Crippen molar-refractivity contribution in [2.24, 2.45) is 0 Å². The standard InChI is InChI=1S/C17H23NO2/c1-3-14(19)10-11-18-12(2)15-9-8-13-6-4-5-7-16(13)17(15)20/h4-9,12,14,18-20H,3,10-11H2,1-2H3. The normalized spacial score (nSPS) is 14.3. The molecule has 3 heteroatoms. The van der Waals surface area contributed by atoms with Gasteiger partial charge in [-0.25, -0.2) is 0 Å². The summed E-state index contributed by atoms with van der Waals surface area (Å²) in [4.78, 5) is 0. The van der Waals surface area contributed by atoms with Gasteiger partial charge < -0.3 is 15.5 Å². The lowest BCUT2D eigenvalue weighted by atomic mass is 10.0. The number of nitrogens with one attached hydrogen (secondary N) is 1. The number of aromatic hydroxyl groups is 1. The average Bonchev–Trinajstić information content (AvgIpc) is 2.47. The molecule has 0 amide bonds. The van der Waals surface area contributed by atoms with Crippen molar-refractivity contribution in [3.63, 3.8) is 0 Å². The second-order valence-corrected chi connectivity index (χ2v) is 5.25. The summed E-state index contributed by atoms with van der Waals surface area (Å²) in [6.07, 6.45) is 1.26. The Hall–Kier alpha value is -1.58. The van der Waals surface area contributed by atoms with Crippen molar-refractivity contribution in [3.05, 3.63) is 42.0 Å². The van der Waals surface area contributed by atoms with E-state index in [9.17, 15) is 10.2 Å². The number of benzene rings is 2. The van der Waals surface area contributed by atoms with Gasteiger partial charge in [-0.1, -0.05) is 43.3 Å². The molecule has 2 aromatic rings. The minimum Gasteiger partial charge on any atom is -0.507 e. The molecule has 0 fully saturated rings. The molecule has 20 heavy (non-hydrogen) atoms. The maximum Gasteiger partial charge on any atom is 0.128 e. The molecule has 0 heterocycles. The number of phenolic OH excluding ortho intramolecular Hbond substituents is 1. The Morgan fingerprint density at radius 1 is 1.15 bits per heavy atom. The quantitative estimate of drug-likeness (QED) is 0.756. The second-order valence-electron chi connectivity index (χ2n) is 5.25. The molecule has 0 spiro atoms. The van der Waals surface area contributed by atoms with Crippen LogP contribution in [0.5, 0.6) is 5.75 Å². The van der Waals surface area contributed by atoms with Crippen LogP contribution in [-0.2, 0) is 0 Å². The number of rotatable bonds is 6. The molecule has 0 bridgehead atoms. The van der Waals surface area contributed by atoms with E-state index in [1.54, 1.807) is 0 Å². The summed E-state index contributed by atoms with van der Waals surface area (Å²) >= 11 is 0. The van der Waals surface area contributed by atoms with Gasteiger partial charge in [0, 0.05) is 17.0 Å². The van der Waals surface area contributed by atoms with Gasteiger partial charge in [-0.15, -0.1) is 0 Å². The number of hydrogen-bond donors (Lipinski definition) is 3. The van der Waals surface area contributed by atoms with E-state index in [0.717, 1.165) is 35.7 Å². The second kappa shape index (κ2) is 6.73. The van der Waals surface area contributed by atoms with E-state index < -0.39 is 0 Å². The van der Waals surface area contributed by atoms with Crippen LogP contribution in [0.4, 0.5) is 0 Å². The van der Waals surface area contributed by atoms with Crippen molar-refractivity contribution in [2.75, 3.05) is 6.54 Å². The Kier molecular flexibility index (Phi) is 4.99. The first-order valence-electron chi connectivity index (χ1n) is 7.25. The topological polar surface area (TPSA) is 52.5 Å². The van der Waals surface area contributed by atoms with Gasteiger partial charge in [-0.05, 0) is 31.7 Å². The summed E-state index contributed by atoms with van der Waals surface area (Å²) < 4.78 is 0. The van der Waals surface area contributed by atoms with Crippen molar-refractivity contribution < 1.29 is 10.2 Å². The van der Waals surface area contributed by atoms with Crippen LogP contribution in [0.1, 0.15) is 38.3 Å². The maximum atomic E-state index is 10.4. The van der Waals surface area contributed by atoms with Crippen LogP contribution in [0.2, 0.25) is 0 Å². The highest BCUT2D eigenvalue weighted by molar-refractivity contribution is 5.89. The van der Waals surface area contributed by atoms with Gasteiger partial charge in [-0.2, -0.15) is 0 Å². The Morgan fingerprint density at radius 2 is 1.90 bits per heavy atom. The zero-order valence-corrected chi connectivity index (χ0v) is 12.1. The van der Waals surface area contributed by atoms with E-state index in [2.05, 4.69) is 5.32 Å². The van der Waals surface area contributed by atoms with Crippen LogP contribution < -0.4 is 5.32 Å². The Bertz CT molecular complexity index is 568. The van der Waals surface area contributed by atoms with Crippen LogP contribution >= 0.6 is 0 Å². The molecule has 2 atom stereocenters. The van der Waals surface area contributed by atoms with Gasteiger partial charge in [0.2, 0.25) is 0 Å². The van der Waals surface area contributed by atoms with Crippen LogP contribution in [0.3, 0.4) is 0 Å². The van der Waals surface area contributed by atoms with E-state index in [-0.39, 0.29) is 12.1 Å². The summed E-state index contributed by atoms with van der Waals surface area (Å²) in [6.45, 7) is 4.74. The molecule has 0 aliphatic rings. The lowest BCUT2D eigenvalue weighted by Gasteiger charge is -2.18. The van der Waals surface area contributed by atoms with Crippen LogP contribution in [0.15, 0.2) is 36.4 Å². The lowest BCUT2D eigenvalue weighted by molar-refractivity contribution is 0.158. The minimum atomic E-state index is -0.250. The fourth-order valence-electron chi connectivity index (χ4n) is 2.40. The van der Waals surface area contributed by atoms with Gasteiger partial charge in [0.1, 0.15) is 5.75 Å². The molecule has 0 saturated heterocycles. The predicted octanol–water partition coefficient (Wildman–Crippen LogP) is 3.36. The largest absolute Gasteiger partial charge is 0.507 e.